The van der Waals surface area contributed by atoms with E-state index in [0.29, 0.717) is 17.8 Å². The molecule has 146 valence electrons. The summed E-state index contributed by atoms with van der Waals surface area (Å²) >= 11 is 6.40. The number of rotatable bonds is 4. The molecule has 2 aromatic rings. The lowest BCUT2D eigenvalue weighted by molar-refractivity contribution is -0.144. The first-order chi connectivity index (χ1) is 12.3. The summed E-state index contributed by atoms with van der Waals surface area (Å²) < 4.78 is 53.1. The second-order valence-electron chi connectivity index (χ2n) is 5.22. The molecule has 0 saturated carbocycles. The number of carbonyl (C=O) groups is 1. The molecule has 27 heavy (non-hydrogen) atoms. The summed E-state index contributed by atoms with van der Waals surface area (Å²) in [5.41, 5.74) is -4.45. The largest absolute Gasteiger partial charge is 0.480 e. The predicted molar refractivity (Wildman–Crippen MR) is 88.0 cm³/mol. The maximum absolute atomic E-state index is 14.2. The van der Waals surface area contributed by atoms with Crippen LogP contribution in [0, 0.1) is 5.82 Å². The van der Waals surface area contributed by atoms with E-state index in [2.05, 4.69) is 4.98 Å². The third-order valence-corrected chi connectivity index (χ3v) is 4.83. The number of halogens is 5. The van der Waals surface area contributed by atoms with Crippen LogP contribution in [-0.4, -0.2) is 30.4 Å². The monoisotopic (exact) mass is 427 g/mol. The molecule has 7 nitrogen and oxygen atoms in total. The van der Waals surface area contributed by atoms with Gasteiger partial charge in [-0.1, -0.05) is 23.4 Å². The van der Waals surface area contributed by atoms with Crippen LogP contribution in [0.4, 0.5) is 17.6 Å². The zero-order chi connectivity index (χ0) is 20.7. The zero-order valence-corrected chi connectivity index (χ0v) is 15.1. The molecule has 0 aliphatic rings. The van der Waals surface area contributed by atoms with Crippen LogP contribution in [0.5, 0.6) is 0 Å². The van der Waals surface area contributed by atoms with Crippen LogP contribution in [0.3, 0.4) is 0 Å². The minimum atomic E-state index is -4.98. The number of alkyl halides is 3. The van der Waals surface area contributed by atoms with Gasteiger partial charge < -0.3 is 5.11 Å². The fourth-order valence-corrected chi connectivity index (χ4v) is 3.01. The Morgan fingerprint density at radius 1 is 1.33 bits per heavy atom. The van der Waals surface area contributed by atoms with Crippen molar-refractivity contribution in [2.45, 2.75) is 23.4 Å². The number of nitrogens with zero attached hydrogens (tertiary/aromatic N) is 3. The Hall–Kier alpha value is -2.34. The third-order valence-electron chi connectivity index (χ3n) is 3.34. The second kappa shape index (κ2) is 7.35. The molecule has 1 atom stereocenters. The molecule has 1 unspecified atom stereocenters. The van der Waals surface area contributed by atoms with E-state index in [1.807, 2.05) is 0 Å². The molecule has 13 heteroatoms. The maximum atomic E-state index is 14.2. The highest BCUT2D eigenvalue weighted by Crippen LogP contribution is 2.31. The zero-order valence-electron chi connectivity index (χ0n) is 13.5. The van der Waals surface area contributed by atoms with Gasteiger partial charge >= 0.3 is 17.8 Å². The molecule has 0 aliphatic heterocycles. The average Bonchev–Trinajstić information content (AvgIpc) is 2.53. The number of pyridine rings is 1. The van der Waals surface area contributed by atoms with Crippen LogP contribution in [0.25, 0.3) is 5.82 Å². The van der Waals surface area contributed by atoms with Crippen LogP contribution in [0.1, 0.15) is 12.6 Å². The summed E-state index contributed by atoms with van der Waals surface area (Å²) in [6.45, 7) is 1.29. The second-order valence-corrected chi connectivity index (χ2v) is 6.96. The molecule has 0 spiro atoms. The van der Waals surface area contributed by atoms with Gasteiger partial charge in [0, 0.05) is 13.1 Å². The highest BCUT2D eigenvalue weighted by Gasteiger charge is 2.35. The minimum Gasteiger partial charge on any atom is -0.480 e. The van der Waals surface area contributed by atoms with Crippen molar-refractivity contribution in [2.75, 3.05) is 0 Å². The van der Waals surface area contributed by atoms with Crippen molar-refractivity contribution in [3.05, 3.63) is 49.5 Å². The number of carboxylic acids is 1. The van der Waals surface area contributed by atoms with Crippen molar-refractivity contribution in [1.82, 2.24) is 14.1 Å². The number of aliphatic carboxylic acids is 1. The van der Waals surface area contributed by atoms with Gasteiger partial charge in [0.2, 0.25) is 0 Å². The van der Waals surface area contributed by atoms with Gasteiger partial charge in [-0.15, -0.1) is 0 Å². The number of carboxylic acid groups (broad SMARTS) is 1. The van der Waals surface area contributed by atoms with Crippen molar-refractivity contribution < 1.29 is 27.5 Å². The fourth-order valence-electron chi connectivity index (χ4n) is 1.99. The van der Waals surface area contributed by atoms with Crippen molar-refractivity contribution in [3.8, 4) is 5.82 Å². The molecule has 0 aromatic carbocycles. The predicted octanol–water partition coefficient (Wildman–Crippen LogP) is 2.31. The summed E-state index contributed by atoms with van der Waals surface area (Å²) in [6.07, 6.45) is -4.98. The molecule has 0 fully saturated rings. The van der Waals surface area contributed by atoms with E-state index in [-0.39, 0.29) is 25.2 Å². The first-order valence-corrected chi connectivity index (χ1v) is 8.26. The molecule has 2 heterocycles. The van der Waals surface area contributed by atoms with Gasteiger partial charge in [-0.3, -0.25) is 14.2 Å². The van der Waals surface area contributed by atoms with E-state index in [1.165, 1.54) is 6.92 Å². The quantitative estimate of drug-likeness (QED) is 0.594. The number of hydrogen-bond donors (Lipinski definition) is 1. The smallest absolute Gasteiger partial charge is 0.431 e. The summed E-state index contributed by atoms with van der Waals surface area (Å²) in [6, 6.07) is 0.814. The molecular weight excluding hydrogens is 418 g/mol. The third kappa shape index (κ3) is 4.16. The van der Waals surface area contributed by atoms with E-state index < -0.39 is 46.0 Å². The Balaban J connectivity index is 2.73. The standard InChI is InChI=1S/C14H10ClF4N3O4S/c1-5(12(24)25)27-11-6(15)3-7(16)10(20-11)22-9(23)4-8(14(17,18)19)21(2)13(22)26/h3-5H,1-2H3,(H,24,25). The van der Waals surface area contributed by atoms with E-state index >= 15 is 0 Å². The van der Waals surface area contributed by atoms with E-state index in [4.69, 9.17) is 16.7 Å². The topological polar surface area (TPSA) is 94.2 Å². The summed E-state index contributed by atoms with van der Waals surface area (Å²) in [5.74, 6) is -3.36. The maximum Gasteiger partial charge on any atom is 0.431 e. The van der Waals surface area contributed by atoms with Gasteiger partial charge in [0.25, 0.3) is 5.56 Å². The molecule has 0 amide bonds. The first kappa shape index (κ1) is 21.0. The lowest BCUT2D eigenvalue weighted by atomic mass is 10.3. The van der Waals surface area contributed by atoms with Gasteiger partial charge in [-0.2, -0.15) is 13.2 Å². The normalized spacial score (nSPS) is 12.9. The van der Waals surface area contributed by atoms with Crippen LogP contribution in [-0.2, 0) is 18.0 Å². The fraction of sp³-hybridized carbons (Fsp3) is 0.286. The van der Waals surface area contributed by atoms with Crippen molar-refractivity contribution in [2.24, 2.45) is 7.05 Å². The van der Waals surface area contributed by atoms with Crippen molar-refractivity contribution in [1.29, 1.82) is 0 Å². The SMILES string of the molecule is CC(Sc1nc(-n2c(=O)cc(C(F)(F)F)n(C)c2=O)c(F)cc1Cl)C(=O)O. The van der Waals surface area contributed by atoms with E-state index in [0.717, 1.165) is 7.05 Å². The molecular formula is C14H10ClF4N3O4S. The Morgan fingerprint density at radius 3 is 2.44 bits per heavy atom. The minimum absolute atomic E-state index is 0.108. The lowest BCUT2D eigenvalue weighted by Gasteiger charge is -2.15. The van der Waals surface area contributed by atoms with Crippen LogP contribution >= 0.6 is 23.4 Å². The molecule has 2 aromatic heterocycles. The summed E-state index contributed by atoms with van der Waals surface area (Å²) in [7, 11) is 0.761. The van der Waals surface area contributed by atoms with Crippen LogP contribution in [0.15, 0.2) is 26.7 Å². The van der Waals surface area contributed by atoms with Gasteiger partial charge in [-0.25, -0.2) is 18.7 Å². The van der Waals surface area contributed by atoms with Gasteiger partial charge in [0.05, 0.1) is 5.02 Å². The number of hydrogen-bond acceptors (Lipinski definition) is 5. The molecule has 0 radical (unpaired) electrons. The van der Waals surface area contributed by atoms with Crippen LogP contribution in [0.2, 0.25) is 5.02 Å². The number of aromatic nitrogens is 3. The summed E-state index contributed by atoms with van der Waals surface area (Å²) in [4.78, 5) is 38.9. The molecule has 0 bridgehead atoms. The Labute approximate surface area is 157 Å². The lowest BCUT2D eigenvalue weighted by Crippen LogP contribution is -2.41. The molecule has 0 saturated heterocycles. The number of thioether (sulfide) groups is 1. The van der Waals surface area contributed by atoms with E-state index in [1.54, 1.807) is 0 Å². The van der Waals surface area contributed by atoms with Crippen molar-refractivity contribution in [3.63, 3.8) is 0 Å². The molecule has 0 aliphatic carbocycles. The van der Waals surface area contributed by atoms with Gasteiger partial charge in [-0.05, 0) is 13.0 Å². The highest BCUT2D eigenvalue weighted by molar-refractivity contribution is 8.00. The van der Waals surface area contributed by atoms with Gasteiger partial charge in [0.1, 0.15) is 16.0 Å². The van der Waals surface area contributed by atoms with Crippen LogP contribution < -0.4 is 11.2 Å². The molecule has 1 N–H and O–H groups in total. The average molecular weight is 428 g/mol. The molecule has 2 rings (SSSR count). The Bertz CT molecular complexity index is 1030. The van der Waals surface area contributed by atoms with Gasteiger partial charge in [0.15, 0.2) is 11.6 Å². The highest BCUT2D eigenvalue weighted by atomic mass is 35.5. The Morgan fingerprint density at radius 2 is 1.93 bits per heavy atom. The summed E-state index contributed by atoms with van der Waals surface area (Å²) in [5, 5.41) is 7.37. The Kier molecular flexibility index (Phi) is 5.71. The first-order valence-electron chi connectivity index (χ1n) is 7.00. The van der Waals surface area contributed by atoms with E-state index in [9.17, 15) is 31.9 Å². The van der Waals surface area contributed by atoms with Crippen molar-refractivity contribution >= 4 is 29.3 Å².